The molecule has 1 heterocycles. The first-order valence-corrected chi connectivity index (χ1v) is 6.95. The van der Waals surface area contributed by atoms with Crippen molar-refractivity contribution in [3.8, 4) is 0 Å². The minimum absolute atomic E-state index is 0.174. The summed E-state index contributed by atoms with van der Waals surface area (Å²) in [6.07, 6.45) is 0. The molecule has 1 aromatic rings. The van der Waals surface area contributed by atoms with E-state index in [0.29, 0.717) is 6.04 Å². The standard InChI is InChI=1S/C15H26N4/c1-11-6-5-7-13(12(11)2)15(17-16)14-10-18(3)8-9-19(14)4/h5-7,14-15,17H,8-10,16H2,1-4H3. The van der Waals surface area contributed by atoms with Crippen molar-refractivity contribution in [2.45, 2.75) is 25.9 Å². The molecule has 0 bridgehead atoms. The Labute approximate surface area is 116 Å². The van der Waals surface area contributed by atoms with Gasteiger partial charge in [-0.3, -0.25) is 16.2 Å². The van der Waals surface area contributed by atoms with Crippen LogP contribution in [0.4, 0.5) is 0 Å². The van der Waals surface area contributed by atoms with Gasteiger partial charge in [0.1, 0.15) is 0 Å². The number of hydrazine groups is 1. The molecule has 1 aliphatic rings. The molecule has 1 aliphatic heterocycles. The van der Waals surface area contributed by atoms with Crippen LogP contribution in [-0.4, -0.2) is 49.6 Å². The normalized spacial score (nSPS) is 23.5. The highest BCUT2D eigenvalue weighted by molar-refractivity contribution is 5.36. The van der Waals surface area contributed by atoms with Gasteiger partial charge in [-0.1, -0.05) is 18.2 Å². The third-order valence-corrected chi connectivity index (χ3v) is 4.45. The van der Waals surface area contributed by atoms with Gasteiger partial charge in [0.05, 0.1) is 6.04 Å². The molecule has 3 N–H and O–H groups in total. The van der Waals surface area contributed by atoms with Crippen LogP contribution in [-0.2, 0) is 0 Å². The van der Waals surface area contributed by atoms with E-state index in [-0.39, 0.29) is 6.04 Å². The molecule has 0 radical (unpaired) electrons. The molecule has 19 heavy (non-hydrogen) atoms. The summed E-state index contributed by atoms with van der Waals surface area (Å²) < 4.78 is 0. The van der Waals surface area contributed by atoms with Gasteiger partial charge in [-0.15, -0.1) is 0 Å². The van der Waals surface area contributed by atoms with Crippen LogP contribution in [0.3, 0.4) is 0 Å². The molecule has 0 saturated carbocycles. The van der Waals surface area contributed by atoms with Crippen LogP contribution < -0.4 is 11.3 Å². The predicted octanol–water partition coefficient (Wildman–Crippen LogP) is 1.05. The number of hydrogen-bond donors (Lipinski definition) is 2. The summed E-state index contributed by atoms with van der Waals surface area (Å²) >= 11 is 0. The van der Waals surface area contributed by atoms with Crippen LogP contribution in [0.2, 0.25) is 0 Å². The van der Waals surface area contributed by atoms with Crippen LogP contribution in [0.1, 0.15) is 22.7 Å². The number of piperazine rings is 1. The quantitative estimate of drug-likeness (QED) is 0.631. The lowest BCUT2D eigenvalue weighted by Gasteiger charge is -2.42. The maximum atomic E-state index is 5.87. The van der Waals surface area contributed by atoms with E-state index in [9.17, 15) is 0 Å². The summed E-state index contributed by atoms with van der Waals surface area (Å²) in [7, 11) is 4.36. The van der Waals surface area contributed by atoms with E-state index in [4.69, 9.17) is 5.84 Å². The van der Waals surface area contributed by atoms with Crippen LogP contribution in [0.25, 0.3) is 0 Å². The molecule has 0 amide bonds. The number of nitrogens with zero attached hydrogens (tertiary/aromatic N) is 2. The van der Waals surface area contributed by atoms with Gasteiger partial charge in [0, 0.05) is 25.7 Å². The van der Waals surface area contributed by atoms with Crippen molar-refractivity contribution in [2.75, 3.05) is 33.7 Å². The highest BCUT2D eigenvalue weighted by Crippen LogP contribution is 2.26. The molecule has 106 valence electrons. The highest BCUT2D eigenvalue weighted by atomic mass is 15.3. The topological polar surface area (TPSA) is 44.5 Å². The number of nitrogens with one attached hydrogen (secondary N) is 1. The molecule has 0 aromatic heterocycles. The highest BCUT2D eigenvalue weighted by Gasteiger charge is 2.31. The third-order valence-electron chi connectivity index (χ3n) is 4.45. The van der Waals surface area contributed by atoms with Crippen molar-refractivity contribution in [1.29, 1.82) is 0 Å². The van der Waals surface area contributed by atoms with Gasteiger partial charge in [-0.2, -0.15) is 0 Å². The summed E-state index contributed by atoms with van der Waals surface area (Å²) in [5.41, 5.74) is 7.02. The zero-order valence-electron chi connectivity index (χ0n) is 12.5. The second-order valence-electron chi connectivity index (χ2n) is 5.74. The Morgan fingerprint density at radius 1 is 1.26 bits per heavy atom. The van der Waals surface area contributed by atoms with E-state index in [1.165, 1.54) is 16.7 Å². The van der Waals surface area contributed by atoms with Gasteiger partial charge in [-0.25, -0.2) is 0 Å². The summed E-state index contributed by atoms with van der Waals surface area (Å²) in [5, 5.41) is 0. The molecule has 4 heteroatoms. The number of aryl methyl sites for hydroxylation is 1. The first kappa shape index (κ1) is 14.5. The predicted molar refractivity (Wildman–Crippen MR) is 79.9 cm³/mol. The average Bonchev–Trinajstić information content (AvgIpc) is 2.39. The number of nitrogens with two attached hydrogens (primary N) is 1. The second-order valence-corrected chi connectivity index (χ2v) is 5.74. The molecule has 4 nitrogen and oxygen atoms in total. The number of rotatable bonds is 3. The molecule has 1 aromatic carbocycles. The Morgan fingerprint density at radius 3 is 2.68 bits per heavy atom. The lowest BCUT2D eigenvalue weighted by atomic mass is 9.91. The van der Waals surface area contributed by atoms with Crippen LogP contribution >= 0.6 is 0 Å². The fourth-order valence-electron chi connectivity index (χ4n) is 2.92. The number of likely N-dealkylation sites (N-methyl/N-ethyl adjacent to an activating group) is 2. The lowest BCUT2D eigenvalue weighted by Crippen LogP contribution is -2.56. The molecule has 0 spiro atoms. The van der Waals surface area contributed by atoms with Crippen molar-refractivity contribution < 1.29 is 0 Å². The van der Waals surface area contributed by atoms with Crippen molar-refractivity contribution in [3.05, 3.63) is 34.9 Å². The Kier molecular flexibility index (Phi) is 4.58. The maximum Gasteiger partial charge on any atom is 0.0630 e. The lowest BCUT2D eigenvalue weighted by molar-refractivity contribution is 0.0875. The molecular weight excluding hydrogens is 236 g/mol. The largest absolute Gasteiger partial charge is 0.303 e. The van der Waals surface area contributed by atoms with Gasteiger partial charge < -0.3 is 4.90 Å². The minimum Gasteiger partial charge on any atom is -0.303 e. The van der Waals surface area contributed by atoms with Crippen LogP contribution in [0.15, 0.2) is 18.2 Å². The van der Waals surface area contributed by atoms with E-state index >= 15 is 0 Å². The van der Waals surface area contributed by atoms with E-state index < -0.39 is 0 Å². The summed E-state index contributed by atoms with van der Waals surface area (Å²) in [6, 6.07) is 7.05. The van der Waals surface area contributed by atoms with Crippen LogP contribution in [0, 0.1) is 13.8 Å². The zero-order valence-corrected chi connectivity index (χ0v) is 12.5. The summed E-state index contributed by atoms with van der Waals surface area (Å²) in [5.74, 6) is 5.87. The minimum atomic E-state index is 0.174. The van der Waals surface area contributed by atoms with Gasteiger partial charge in [-0.05, 0) is 44.6 Å². The third kappa shape index (κ3) is 2.98. The first-order valence-electron chi connectivity index (χ1n) is 6.95. The smallest absolute Gasteiger partial charge is 0.0630 e. The SMILES string of the molecule is Cc1cccc(C(NN)C2CN(C)CCN2C)c1C. The fourth-order valence-corrected chi connectivity index (χ4v) is 2.92. The molecular formula is C15H26N4. The molecule has 2 rings (SSSR count). The van der Waals surface area contributed by atoms with E-state index in [1.54, 1.807) is 0 Å². The second kappa shape index (κ2) is 6.01. The Hall–Kier alpha value is -0.940. The van der Waals surface area contributed by atoms with E-state index in [2.05, 4.69) is 61.4 Å². The van der Waals surface area contributed by atoms with Gasteiger partial charge in [0.25, 0.3) is 0 Å². The summed E-state index contributed by atoms with van der Waals surface area (Å²) in [4.78, 5) is 4.78. The Bertz CT molecular complexity index is 432. The van der Waals surface area contributed by atoms with Gasteiger partial charge in [0.2, 0.25) is 0 Å². The van der Waals surface area contributed by atoms with Crippen molar-refractivity contribution >= 4 is 0 Å². The first-order chi connectivity index (χ1) is 9.04. The average molecular weight is 262 g/mol. The van der Waals surface area contributed by atoms with Gasteiger partial charge in [0.15, 0.2) is 0 Å². The van der Waals surface area contributed by atoms with E-state index in [0.717, 1.165) is 19.6 Å². The molecule has 1 fully saturated rings. The monoisotopic (exact) mass is 262 g/mol. The molecule has 2 atom stereocenters. The Balaban J connectivity index is 2.30. The van der Waals surface area contributed by atoms with Gasteiger partial charge >= 0.3 is 0 Å². The Morgan fingerprint density at radius 2 is 2.00 bits per heavy atom. The molecule has 2 unspecified atom stereocenters. The molecule has 0 aliphatic carbocycles. The fraction of sp³-hybridized carbons (Fsp3) is 0.600. The van der Waals surface area contributed by atoms with Crippen molar-refractivity contribution in [3.63, 3.8) is 0 Å². The maximum absolute atomic E-state index is 5.87. The van der Waals surface area contributed by atoms with Crippen molar-refractivity contribution in [2.24, 2.45) is 5.84 Å². The van der Waals surface area contributed by atoms with Crippen molar-refractivity contribution in [1.82, 2.24) is 15.2 Å². The zero-order chi connectivity index (χ0) is 14.0. The molecule has 1 saturated heterocycles. The number of hydrogen-bond acceptors (Lipinski definition) is 4. The number of benzene rings is 1. The van der Waals surface area contributed by atoms with Crippen LogP contribution in [0.5, 0.6) is 0 Å². The van der Waals surface area contributed by atoms with E-state index in [1.807, 2.05) is 0 Å². The summed E-state index contributed by atoms with van der Waals surface area (Å²) in [6.45, 7) is 7.59.